The van der Waals surface area contributed by atoms with Gasteiger partial charge in [0.2, 0.25) is 0 Å². The lowest BCUT2D eigenvalue weighted by molar-refractivity contribution is 0.0961. The highest BCUT2D eigenvalue weighted by Gasteiger charge is 2.09. The van der Waals surface area contributed by atoms with Gasteiger partial charge in [-0.1, -0.05) is 0 Å². The fraction of sp³-hybridized carbons (Fsp3) is 0.0667. The Hall–Kier alpha value is -2.58. The minimum absolute atomic E-state index is 0.0157. The van der Waals surface area contributed by atoms with E-state index in [-0.39, 0.29) is 5.56 Å². The number of amides is 1. The van der Waals surface area contributed by atoms with Crippen LogP contribution >= 0.6 is 22.7 Å². The average molecular weight is 344 g/mol. The van der Waals surface area contributed by atoms with Crippen molar-refractivity contribution in [2.75, 3.05) is 7.05 Å². The first-order valence-electron chi connectivity index (χ1n) is 6.65. The van der Waals surface area contributed by atoms with Crippen LogP contribution in [0, 0.1) is 0 Å². The molecule has 2 N–H and O–H groups in total. The molecular formula is C15H12N4O2S2. The maximum absolute atomic E-state index is 11.8. The number of hydrogen-bond donors (Lipinski definition) is 2. The van der Waals surface area contributed by atoms with Crippen LogP contribution in [0.15, 0.2) is 33.2 Å². The molecule has 3 aromatic heterocycles. The Labute approximate surface area is 139 Å². The first kappa shape index (κ1) is 15.3. The summed E-state index contributed by atoms with van der Waals surface area (Å²) < 4.78 is 0. The Balaban J connectivity index is 1.79. The SMILES string of the molecule is CNC(=O)c1cnc(C=Cc2csc(-c3ccsc3)n2)[nH]c1=O. The molecule has 116 valence electrons. The Morgan fingerprint density at radius 2 is 2.22 bits per heavy atom. The number of thiophene rings is 1. The van der Waals surface area contributed by atoms with Gasteiger partial charge in [0.1, 0.15) is 16.4 Å². The van der Waals surface area contributed by atoms with Crippen molar-refractivity contribution in [3.05, 3.63) is 55.8 Å². The summed E-state index contributed by atoms with van der Waals surface area (Å²) in [6.45, 7) is 0. The topological polar surface area (TPSA) is 87.7 Å². The summed E-state index contributed by atoms with van der Waals surface area (Å²) in [5, 5.41) is 9.32. The van der Waals surface area contributed by atoms with Crippen LogP contribution in [0.4, 0.5) is 0 Å². The van der Waals surface area contributed by atoms with Crippen LogP contribution in [0.1, 0.15) is 21.9 Å². The number of nitrogens with one attached hydrogen (secondary N) is 2. The molecule has 0 saturated carbocycles. The zero-order chi connectivity index (χ0) is 16.2. The lowest BCUT2D eigenvalue weighted by atomic mass is 10.3. The number of nitrogens with zero attached hydrogens (tertiary/aromatic N) is 2. The lowest BCUT2D eigenvalue weighted by Gasteiger charge is -1.98. The fourth-order valence-electron chi connectivity index (χ4n) is 1.84. The average Bonchev–Trinajstić information content (AvgIpc) is 3.23. The van der Waals surface area contributed by atoms with Gasteiger partial charge in [-0.15, -0.1) is 11.3 Å². The van der Waals surface area contributed by atoms with Crippen molar-refractivity contribution in [1.82, 2.24) is 20.3 Å². The van der Waals surface area contributed by atoms with Crippen LogP contribution in [-0.2, 0) is 0 Å². The van der Waals surface area contributed by atoms with Gasteiger partial charge in [-0.3, -0.25) is 9.59 Å². The minimum Gasteiger partial charge on any atom is -0.355 e. The zero-order valence-electron chi connectivity index (χ0n) is 12.1. The number of rotatable bonds is 4. The van der Waals surface area contributed by atoms with Crippen LogP contribution in [0.5, 0.6) is 0 Å². The van der Waals surface area contributed by atoms with E-state index in [1.54, 1.807) is 34.8 Å². The Morgan fingerprint density at radius 1 is 1.35 bits per heavy atom. The molecule has 23 heavy (non-hydrogen) atoms. The molecule has 0 unspecified atom stereocenters. The normalized spacial score (nSPS) is 11.0. The van der Waals surface area contributed by atoms with E-state index in [9.17, 15) is 9.59 Å². The van der Waals surface area contributed by atoms with E-state index in [0.717, 1.165) is 16.3 Å². The van der Waals surface area contributed by atoms with Gasteiger partial charge in [0, 0.05) is 29.6 Å². The molecule has 0 aliphatic carbocycles. The molecule has 1 amide bonds. The van der Waals surface area contributed by atoms with Crippen LogP contribution in [0.3, 0.4) is 0 Å². The summed E-state index contributed by atoms with van der Waals surface area (Å²) >= 11 is 3.18. The predicted octanol–water partition coefficient (Wildman–Crippen LogP) is 2.48. The molecule has 3 heterocycles. The number of hydrogen-bond acceptors (Lipinski definition) is 6. The molecule has 0 aliphatic rings. The van der Waals surface area contributed by atoms with Gasteiger partial charge >= 0.3 is 0 Å². The lowest BCUT2D eigenvalue weighted by Crippen LogP contribution is -2.27. The van der Waals surface area contributed by atoms with E-state index < -0.39 is 11.5 Å². The highest BCUT2D eigenvalue weighted by atomic mass is 32.1. The number of carbonyl (C=O) groups is 1. The molecule has 0 aromatic carbocycles. The third kappa shape index (κ3) is 3.43. The van der Waals surface area contributed by atoms with E-state index in [2.05, 4.69) is 20.3 Å². The van der Waals surface area contributed by atoms with Crippen molar-refractivity contribution in [2.45, 2.75) is 0 Å². The largest absolute Gasteiger partial charge is 0.355 e. The van der Waals surface area contributed by atoms with Crippen LogP contribution in [-0.4, -0.2) is 27.9 Å². The van der Waals surface area contributed by atoms with Gasteiger partial charge in [0.15, 0.2) is 0 Å². The predicted molar refractivity (Wildman–Crippen MR) is 92.6 cm³/mol. The van der Waals surface area contributed by atoms with Crippen molar-refractivity contribution < 1.29 is 4.79 Å². The van der Waals surface area contributed by atoms with Gasteiger partial charge in [0.05, 0.1) is 5.69 Å². The number of aromatic amines is 1. The molecule has 0 fully saturated rings. The molecule has 0 spiro atoms. The number of thiazole rings is 1. The zero-order valence-corrected chi connectivity index (χ0v) is 13.7. The highest BCUT2D eigenvalue weighted by molar-refractivity contribution is 7.14. The molecule has 0 bridgehead atoms. The van der Waals surface area contributed by atoms with Gasteiger partial charge in [-0.25, -0.2) is 9.97 Å². The summed E-state index contributed by atoms with van der Waals surface area (Å²) in [5.74, 6) is -0.0954. The summed E-state index contributed by atoms with van der Waals surface area (Å²) in [7, 11) is 1.46. The smallest absolute Gasteiger partial charge is 0.263 e. The maximum atomic E-state index is 11.8. The van der Waals surface area contributed by atoms with Gasteiger partial charge in [-0.2, -0.15) is 11.3 Å². The second-order valence-corrected chi connectivity index (χ2v) is 6.15. The van der Waals surface area contributed by atoms with Crippen LogP contribution in [0.2, 0.25) is 0 Å². The highest BCUT2D eigenvalue weighted by Crippen LogP contribution is 2.26. The maximum Gasteiger partial charge on any atom is 0.263 e. The van der Waals surface area contributed by atoms with Gasteiger partial charge < -0.3 is 10.3 Å². The number of H-pyrrole nitrogens is 1. The molecule has 0 saturated heterocycles. The van der Waals surface area contributed by atoms with E-state index in [4.69, 9.17) is 0 Å². The molecular weight excluding hydrogens is 332 g/mol. The summed E-state index contributed by atoms with van der Waals surface area (Å²) in [6.07, 6.45) is 4.68. The van der Waals surface area contributed by atoms with E-state index in [1.807, 2.05) is 22.2 Å². The van der Waals surface area contributed by atoms with Crippen molar-refractivity contribution in [3.8, 4) is 10.6 Å². The Kier molecular flexibility index (Phi) is 4.45. The van der Waals surface area contributed by atoms with Gasteiger partial charge in [0.25, 0.3) is 11.5 Å². The summed E-state index contributed by atoms with van der Waals surface area (Å²) in [6, 6.07) is 2.02. The van der Waals surface area contributed by atoms with Crippen molar-refractivity contribution >= 4 is 40.7 Å². The number of aromatic nitrogens is 3. The first-order chi connectivity index (χ1) is 11.2. The van der Waals surface area contributed by atoms with Crippen LogP contribution in [0.25, 0.3) is 22.7 Å². The molecule has 3 aromatic rings. The third-order valence-corrected chi connectivity index (χ3v) is 4.59. The van der Waals surface area contributed by atoms with E-state index >= 15 is 0 Å². The molecule has 3 rings (SSSR count). The van der Waals surface area contributed by atoms with Crippen molar-refractivity contribution in [3.63, 3.8) is 0 Å². The van der Waals surface area contributed by atoms with Gasteiger partial charge in [-0.05, 0) is 23.6 Å². The fourth-order valence-corrected chi connectivity index (χ4v) is 3.34. The Bertz CT molecular complexity index is 910. The molecule has 6 nitrogen and oxygen atoms in total. The molecule has 0 radical (unpaired) electrons. The van der Waals surface area contributed by atoms with Crippen LogP contribution < -0.4 is 10.9 Å². The molecule has 8 heteroatoms. The minimum atomic E-state index is -0.476. The quantitative estimate of drug-likeness (QED) is 0.761. The molecule has 0 aliphatic heterocycles. The number of carbonyl (C=O) groups excluding carboxylic acids is 1. The second-order valence-electron chi connectivity index (χ2n) is 4.51. The van der Waals surface area contributed by atoms with Crippen molar-refractivity contribution in [1.29, 1.82) is 0 Å². The second kappa shape index (κ2) is 6.67. The Morgan fingerprint density at radius 3 is 2.91 bits per heavy atom. The standard InChI is InChI=1S/C15H12N4O2S2/c1-16-13(20)11-6-17-12(19-14(11)21)3-2-10-8-23-15(18-10)9-4-5-22-7-9/h2-8H,1H3,(H,16,20)(H,17,19,21). The summed E-state index contributed by atoms with van der Waals surface area (Å²) in [5.41, 5.74) is 1.39. The summed E-state index contributed by atoms with van der Waals surface area (Å²) in [4.78, 5) is 34.4. The molecule has 0 atom stereocenters. The van der Waals surface area contributed by atoms with E-state index in [0.29, 0.717) is 5.82 Å². The van der Waals surface area contributed by atoms with Crippen molar-refractivity contribution in [2.24, 2.45) is 0 Å². The van der Waals surface area contributed by atoms with E-state index in [1.165, 1.54) is 13.2 Å². The first-order valence-corrected chi connectivity index (χ1v) is 8.47. The third-order valence-electron chi connectivity index (χ3n) is 2.99. The monoisotopic (exact) mass is 344 g/mol.